The minimum Gasteiger partial charge on any atom is -0.399 e. The minimum atomic E-state index is -0.558. The normalized spacial score (nSPS) is 19.3. The molecular formula is C15H21N3O. The molecule has 1 aromatic heterocycles. The summed E-state index contributed by atoms with van der Waals surface area (Å²) < 4.78 is 2.17. The molecule has 3 rings (SSSR count). The topological polar surface area (TPSA) is 64.1 Å². The molecule has 1 saturated carbocycles. The highest BCUT2D eigenvalue weighted by atomic mass is 16.3. The van der Waals surface area contributed by atoms with Crippen molar-refractivity contribution in [3.05, 3.63) is 24.0 Å². The molecule has 3 N–H and O–H groups in total. The maximum atomic E-state index is 9.95. The molecule has 4 nitrogen and oxygen atoms in total. The summed E-state index contributed by atoms with van der Waals surface area (Å²) in [6, 6.07) is 5.78. The zero-order valence-electron chi connectivity index (χ0n) is 11.6. The van der Waals surface area contributed by atoms with Crippen molar-refractivity contribution in [2.24, 2.45) is 5.41 Å². The van der Waals surface area contributed by atoms with Crippen LogP contribution in [0.2, 0.25) is 0 Å². The molecule has 1 fully saturated rings. The second kappa shape index (κ2) is 4.23. The maximum absolute atomic E-state index is 9.95. The smallest absolute Gasteiger partial charge is 0.138 e. The number of nitrogens with zero attached hydrogens (tertiary/aromatic N) is 2. The first-order chi connectivity index (χ1) is 8.98. The molecule has 1 aliphatic rings. The largest absolute Gasteiger partial charge is 0.399 e. The fraction of sp³-hybridized carbons (Fsp3) is 0.533. The van der Waals surface area contributed by atoms with Gasteiger partial charge in [-0.15, -0.1) is 0 Å². The van der Waals surface area contributed by atoms with E-state index in [9.17, 15) is 5.11 Å². The van der Waals surface area contributed by atoms with E-state index in [1.54, 1.807) is 6.92 Å². The number of imidazole rings is 1. The lowest BCUT2D eigenvalue weighted by Crippen LogP contribution is -2.31. The number of anilines is 1. The van der Waals surface area contributed by atoms with Gasteiger partial charge < -0.3 is 15.4 Å². The lowest BCUT2D eigenvalue weighted by Gasteiger charge is -2.39. The Bertz CT molecular complexity index is 611. The molecule has 0 saturated heterocycles. The van der Waals surface area contributed by atoms with E-state index in [2.05, 4.69) is 16.5 Å². The zero-order valence-corrected chi connectivity index (χ0v) is 11.6. The van der Waals surface area contributed by atoms with Crippen molar-refractivity contribution in [1.29, 1.82) is 0 Å². The average Bonchev–Trinajstić information content (AvgIpc) is 2.65. The fourth-order valence-corrected chi connectivity index (χ4v) is 2.97. The number of nitrogen functional groups attached to an aromatic ring is 1. The predicted octanol–water partition coefficient (Wildman–Crippen LogP) is 2.86. The summed E-state index contributed by atoms with van der Waals surface area (Å²) in [6.45, 7) is 5.00. The molecule has 0 spiro atoms. The van der Waals surface area contributed by atoms with E-state index in [1.807, 2.05) is 18.2 Å². The van der Waals surface area contributed by atoms with Crippen LogP contribution < -0.4 is 5.73 Å². The molecule has 1 unspecified atom stereocenters. The molecule has 0 amide bonds. The third-order valence-electron chi connectivity index (χ3n) is 4.28. The van der Waals surface area contributed by atoms with Crippen LogP contribution in [-0.2, 0) is 6.54 Å². The van der Waals surface area contributed by atoms with Crippen LogP contribution in [-0.4, -0.2) is 14.7 Å². The molecule has 4 heteroatoms. The van der Waals surface area contributed by atoms with Crippen LogP contribution in [0.15, 0.2) is 18.2 Å². The van der Waals surface area contributed by atoms with Gasteiger partial charge in [-0.2, -0.15) is 0 Å². The van der Waals surface area contributed by atoms with Crippen LogP contribution in [0.3, 0.4) is 0 Å². The Balaban J connectivity index is 2.11. The standard InChI is InChI=1S/C15H21N3O/c1-10(19)14-17-12-8-11(16)4-5-13(12)18(14)9-15(2)6-3-7-15/h4-5,8,10,19H,3,6-7,9,16H2,1-2H3. The van der Waals surface area contributed by atoms with Crippen LogP contribution in [0.25, 0.3) is 11.0 Å². The Kier molecular flexibility index (Phi) is 2.78. The highest BCUT2D eigenvalue weighted by molar-refractivity contribution is 5.79. The maximum Gasteiger partial charge on any atom is 0.138 e. The number of fused-ring (bicyclic) bond motifs is 1. The van der Waals surface area contributed by atoms with Crippen molar-refractivity contribution in [2.75, 3.05) is 5.73 Å². The van der Waals surface area contributed by atoms with Crippen LogP contribution in [0.1, 0.15) is 45.0 Å². The van der Waals surface area contributed by atoms with Crippen LogP contribution in [0.4, 0.5) is 5.69 Å². The molecule has 1 aliphatic carbocycles. The van der Waals surface area contributed by atoms with E-state index in [1.165, 1.54) is 19.3 Å². The molecule has 0 bridgehead atoms. The van der Waals surface area contributed by atoms with Gasteiger partial charge in [-0.05, 0) is 43.4 Å². The van der Waals surface area contributed by atoms with E-state index in [0.717, 1.165) is 23.4 Å². The number of aliphatic hydroxyl groups excluding tert-OH is 1. The zero-order chi connectivity index (χ0) is 13.6. The van der Waals surface area contributed by atoms with Gasteiger partial charge in [0.05, 0.1) is 11.0 Å². The van der Waals surface area contributed by atoms with Crippen molar-refractivity contribution < 1.29 is 5.11 Å². The third-order valence-corrected chi connectivity index (χ3v) is 4.28. The molecule has 102 valence electrons. The number of aromatic nitrogens is 2. The number of benzene rings is 1. The highest BCUT2D eigenvalue weighted by Crippen LogP contribution is 2.42. The third kappa shape index (κ3) is 2.10. The SMILES string of the molecule is CC(O)c1nc2cc(N)ccc2n1CC1(C)CCC1. The average molecular weight is 259 g/mol. The first-order valence-corrected chi connectivity index (χ1v) is 6.92. The molecule has 0 radical (unpaired) electrons. The molecule has 1 aromatic carbocycles. The quantitative estimate of drug-likeness (QED) is 0.833. The Morgan fingerprint density at radius 2 is 2.21 bits per heavy atom. The summed E-state index contributed by atoms with van der Waals surface area (Å²) in [5, 5.41) is 9.95. The van der Waals surface area contributed by atoms with Crippen molar-refractivity contribution in [2.45, 2.75) is 45.8 Å². The number of hydrogen-bond acceptors (Lipinski definition) is 3. The van der Waals surface area contributed by atoms with Gasteiger partial charge in [0.25, 0.3) is 0 Å². The fourth-order valence-electron chi connectivity index (χ4n) is 2.97. The van der Waals surface area contributed by atoms with Crippen molar-refractivity contribution in [3.8, 4) is 0 Å². The summed E-state index contributed by atoms with van der Waals surface area (Å²) in [6.07, 6.45) is 3.25. The second-order valence-electron chi connectivity index (χ2n) is 6.14. The summed E-state index contributed by atoms with van der Waals surface area (Å²) in [4.78, 5) is 4.55. The predicted molar refractivity (Wildman–Crippen MR) is 76.7 cm³/mol. The Hall–Kier alpha value is -1.55. The van der Waals surface area contributed by atoms with Crippen LogP contribution >= 0.6 is 0 Å². The van der Waals surface area contributed by atoms with Crippen molar-refractivity contribution >= 4 is 16.7 Å². The van der Waals surface area contributed by atoms with Gasteiger partial charge in [-0.3, -0.25) is 0 Å². The molecule has 2 aromatic rings. The van der Waals surface area contributed by atoms with Crippen LogP contribution in [0, 0.1) is 5.41 Å². The van der Waals surface area contributed by atoms with E-state index in [0.29, 0.717) is 11.1 Å². The monoisotopic (exact) mass is 259 g/mol. The van der Waals surface area contributed by atoms with Crippen molar-refractivity contribution in [1.82, 2.24) is 9.55 Å². The molecule has 0 aliphatic heterocycles. The van der Waals surface area contributed by atoms with Gasteiger partial charge in [0, 0.05) is 12.2 Å². The van der Waals surface area contributed by atoms with Gasteiger partial charge in [-0.25, -0.2) is 4.98 Å². The number of hydrogen-bond donors (Lipinski definition) is 2. The molecular weight excluding hydrogens is 238 g/mol. The lowest BCUT2D eigenvalue weighted by atomic mass is 9.70. The first kappa shape index (κ1) is 12.5. The molecule has 1 heterocycles. The summed E-state index contributed by atoms with van der Waals surface area (Å²) >= 11 is 0. The van der Waals surface area contributed by atoms with Crippen LogP contribution in [0.5, 0.6) is 0 Å². The summed E-state index contributed by atoms with van der Waals surface area (Å²) in [7, 11) is 0. The molecule has 19 heavy (non-hydrogen) atoms. The second-order valence-corrected chi connectivity index (χ2v) is 6.14. The van der Waals surface area contributed by atoms with E-state index < -0.39 is 6.10 Å². The highest BCUT2D eigenvalue weighted by Gasteiger charge is 2.33. The van der Waals surface area contributed by atoms with Crippen molar-refractivity contribution in [3.63, 3.8) is 0 Å². The number of rotatable bonds is 3. The minimum absolute atomic E-state index is 0.346. The number of aliphatic hydroxyl groups is 1. The van der Waals surface area contributed by atoms with Gasteiger partial charge in [-0.1, -0.05) is 13.3 Å². The van der Waals surface area contributed by atoms with E-state index in [4.69, 9.17) is 5.73 Å². The van der Waals surface area contributed by atoms with E-state index in [-0.39, 0.29) is 0 Å². The van der Waals surface area contributed by atoms with Gasteiger partial charge >= 0.3 is 0 Å². The Labute approximate surface area is 113 Å². The van der Waals surface area contributed by atoms with E-state index >= 15 is 0 Å². The number of nitrogens with two attached hydrogens (primary N) is 1. The summed E-state index contributed by atoms with van der Waals surface area (Å²) in [5.41, 5.74) is 8.81. The Morgan fingerprint density at radius 3 is 2.79 bits per heavy atom. The van der Waals surface area contributed by atoms with Gasteiger partial charge in [0.15, 0.2) is 0 Å². The van der Waals surface area contributed by atoms with Gasteiger partial charge in [0.2, 0.25) is 0 Å². The lowest BCUT2D eigenvalue weighted by molar-refractivity contribution is 0.123. The molecule has 1 atom stereocenters. The Morgan fingerprint density at radius 1 is 1.47 bits per heavy atom. The van der Waals surface area contributed by atoms with Gasteiger partial charge in [0.1, 0.15) is 11.9 Å². The summed E-state index contributed by atoms with van der Waals surface area (Å²) in [5.74, 6) is 0.744. The first-order valence-electron chi connectivity index (χ1n) is 6.92.